The molecule has 4 N–H and O–H groups in total. The van der Waals surface area contributed by atoms with E-state index in [-0.39, 0.29) is 24.1 Å². The first-order chi connectivity index (χ1) is 12.7. The van der Waals surface area contributed by atoms with E-state index in [4.69, 9.17) is 5.73 Å². The minimum Gasteiger partial charge on any atom is -0.393 e. The Kier molecular flexibility index (Phi) is 5.55. The second kappa shape index (κ2) is 7.58. The van der Waals surface area contributed by atoms with Gasteiger partial charge in [-0.15, -0.1) is 0 Å². The van der Waals surface area contributed by atoms with Crippen LogP contribution < -0.4 is 11.1 Å². The molecule has 1 fully saturated rings. The van der Waals surface area contributed by atoms with E-state index in [1.165, 1.54) is 6.08 Å². The van der Waals surface area contributed by atoms with E-state index < -0.39 is 20.6 Å². The van der Waals surface area contributed by atoms with Crippen LogP contribution in [0.25, 0.3) is 5.57 Å². The summed E-state index contributed by atoms with van der Waals surface area (Å²) in [5.74, 6) is -0.743. The summed E-state index contributed by atoms with van der Waals surface area (Å²) in [6.45, 7) is 0. The molecule has 6 nitrogen and oxygen atoms in total. The largest absolute Gasteiger partial charge is 0.393 e. The number of aliphatic hydroxyl groups excluding tert-OH is 1. The highest BCUT2D eigenvalue weighted by Gasteiger charge is 2.49. The van der Waals surface area contributed by atoms with Crippen LogP contribution in [-0.4, -0.2) is 42.7 Å². The van der Waals surface area contributed by atoms with Crippen molar-refractivity contribution in [2.24, 2.45) is 5.73 Å². The third kappa shape index (κ3) is 4.00. The lowest BCUT2D eigenvalue weighted by atomic mass is 9.86. The Hall–Kier alpha value is -1.96. The lowest BCUT2D eigenvalue weighted by Gasteiger charge is -2.41. The molecule has 1 saturated carbocycles. The van der Waals surface area contributed by atoms with Crippen molar-refractivity contribution in [2.45, 2.75) is 49.1 Å². The second-order valence-corrected chi connectivity index (χ2v) is 9.67. The van der Waals surface area contributed by atoms with Gasteiger partial charge in [0.2, 0.25) is 5.91 Å². The van der Waals surface area contributed by atoms with Crippen LogP contribution in [0.1, 0.15) is 37.7 Å². The summed E-state index contributed by atoms with van der Waals surface area (Å²) >= 11 is 0. The average Bonchev–Trinajstić information content (AvgIpc) is 2.63. The van der Waals surface area contributed by atoms with Gasteiger partial charge in [0.25, 0.3) is 0 Å². The van der Waals surface area contributed by atoms with Gasteiger partial charge in [0.1, 0.15) is 0 Å². The number of primary amides is 1. The van der Waals surface area contributed by atoms with Crippen molar-refractivity contribution in [3.05, 3.63) is 53.6 Å². The molecule has 0 radical (unpaired) electrons. The van der Waals surface area contributed by atoms with E-state index in [2.05, 4.69) is 5.32 Å². The molecule has 0 saturated heterocycles. The molecule has 1 amide bonds. The van der Waals surface area contributed by atoms with Crippen LogP contribution in [0.15, 0.2) is 48.1 Å². The molecular formula is C20H26N2O4S. The lowest BCUT2D eigenvalue weighted by molar-refractivity contribution is -0.115. The highest BCUT2D eigenvalue weighted by Crippen LogP contribution is 2.39. The molecule has 1 unspecified atom stereocenters. The summed E-state index contributed by atoms with van der Waals surface area (Å²) in [5, 5.41) is 13.0. The van der Waals surface area contributed by atoms with E-state index in [1.807, 2.05) is 30.3 Å². The van der Waals surface area contributed by atoms with E-state index in [1.54, 1.807) is 6.08 Å². The zero-order valence-corrected chi connectivity index (χ0v) is 16.2. The first-order valence-corrected chi connectivity index (χ1v) is 11.0. The van der Waals surface area contributed by atoms with Gasteiger partial charge in [0.15, 0.2) is 14.7 Å². The van der Waals surface area contributed by atoms with Crippen LogP contribution in [-0.2, 0) is 14.6 Å². The fourth-order valence-corrected chi connectivity index (χ4v) is 5.36. The predicted molar refractivity (Wildman–Crippen MR) is 105 cm³/mol. The van der Waals surface area contributed by atoms with Crippen LogP contribution in [0.3, 0.4) is 0 Å². The molecule has 1 atom stereocenters. The number of benzene rings is 1. The highest BCUT2D eigenvalue weighted by atomic mass is 32.2. The van der Waals surface area contributed by atoms with Crippen LogP contribution in [0.4, 0.5) is 0 Å². The molecule has 0 aliphatic heterocycles. The monoisotopic (exact) mass is 390 g/mol. The summed E-state index contributed by atoms with van der Waals surface area (Å²) in [7, 11) is -3.72. The summed E-state index contributed by atoms with van der Waals surface area (Å²) < 4.78 is 25.9. The quantitative estimate of drug-likeness (QED) is 0.706. The fourth-order valence-electron chi connectivity index (χ4n) is 3.99. The van der Waals surface area contributed by atoms with E-state index in [0.717, 1.165) is 17.4 Å². The number of hydrogen-bond acceptors (Lipinski definition) is 5. The van der Waals surface area contributed by atoms with Crippen molar-refractivity contribution in [1.82, 2.24) is 5.32 Å². The number of carbonyl (C=O) groups is 1. The third-order valence-electron chi connectivity index (χ3n) is 5.50. The van der Waals surface area contributed by atoms with Gasteiger partial charge >= 0.3 is 0 Å². The van der Waals surface area contributed by atoms with Crippen LogP contribution in [0.5, 0.6) is 0 Å². The van der Waals surface area contributed by atoms with Crippen LogP contribution in [0.2, 0.25) is 0 Å². The Labute approximate surface area is 160 Å². The average molecular weight is 391 g/mol. The van der Waals surface area contributed by atoms with Gasteiger partial charge in [0.05, 0.1) is 11.7 Å². The normalized spacial score (nSPS) is 29.0. The van der Waals surface area contributed by atoms with E-state index in [0.29, 0.717) is 25.7 Å². The molecule has 0 spiro atoms. The standard InChI is InChI=1S/C20H26N2O4S/c1-27(25,26)20(22-16-8-10-17(23)11-9-16)13-15(7-12-18(20)19(21)24)14-5-3-2-4-6-14/h2-7,12,16-17,22-23H,8-11,13H2,1H3,(H2,21,24). The Balaban J connectivity index is 2.03. The fraction of sp³-hybridized carbons (Fsp3) is 0.450. The number of amides is 1. The second-order valence-electron chi connectivity index (χ2n) is 7.43. The number of nitrogens with two attached hydrogens (primary N) is 1. The number of sulfone groups is 1. The van der Waals surface area contributed by atoms with Gasteiger partial charge < -0.3 is 10.8 Å². The number of hydrogen-bond donors (Lipinski definition) is 3. The predicted octanol–water partition coefficient (Wildman–Crippen LogP) is 1.52. The van der Waals surface area contributed by atoms with E-state index in [9.17, 15) is 18.3 Å². The molecule has 0 aromatic heterocycles. The maximum atomic E-state index is 13.0. The maximum absolute atomic E-state index is 13.0. The molecule has 1 aromatic rings. The summed E-state index contributed by atoms with van der Waals surface area (Å²) in [6, 6.07) is 9.40. The highest BCUT2D eigenvalue weighted by molar-refractivity contribution is 7.92. The van der Waals surface area contributed by atoms with Gasteiger partial charge in [-0.05, 0) is 36.8 Å². The zero-order valence-electron chi connectivity index (χ0n) is 15.4. The van der Waals surface area contributed by atoms with Crippen molar-refractivity contribution in [3.63, 3.8) is 0 Å². The van der Waals surface area contributed by atoms with Gasteiger partial charge in [-0.2, -0.15) is 0 Å². The SMILES string of the molecule is CS(=O)(=O)C1(NC2CCC(O)CC2)CC(c2ccccc2)=CC=C1C(N)=O. The Morgan fingerprint density at radius 3 is 2.33 bits per heavy atom. The minimum absolute atomic E-state index is 0.0656. The Bertz CT molecular complexity index is 869. The number of nitrogens with one attached hydrogen (secondary N) is 1. The van der Waals surface area contributed by atoms with Crippen molar-refractivity contribution in [1.29, 1.82) is 0 Å². The Morgan fingerprint density at radius 1 is 1.15 bits per heavy atom. The van der Waals surface area contributed by atoms with Crippen molar-refractivity contribution in [2.75, 3.05) is 6.26 Å². The van der Waals surface area contributed by atoms with Gasteiger partial charge in [-0.25, -0.2) is 8.42 Å². The van der Waals surface area contributed by atoms with Gasteiger partial charge in [0, 0.05) is 18.7 Å². The molecule has 27 heavy (non-hydrogen) atoms. The number of carbonyl (C=O) groups excluding carboxylic acids is 1. The smallest absolute Gasteiger partial charge is 0.247 e. The molecule has 2 aliphatic rings. The first-order valence-electron chi connectivity index (χ1n) is 9.15. The molecule has 0 bridgehead atoms. The topological polar surface area (TPSA) is 109 Å². The van der Waals surface area contributed by atoms with Crippen molar-refractivity contribution in [3.8, 4) is 0 Å². The number of allylic oxidation sites excluding steroid dienone is 2. The molecule has 3 rings (SSSR count). The summed E-state index contributed by atoms with van der Waals surface area (Å²) in [4.78, 5) is 10.6. The van der Waals surface area contributed by atoms with Crippen molar-refractivity contribution < 1.29 is 18.3 Å². The summed E-state index contributed by atoms with van der Waals surface area (Å²) in [6.07, 6.45) is 6.72. The number of aliphatic hydroxyl groups is 1. The number of rotatable bonds is 5. The molecule has 2 aliphatic carbocycles. The summed E-state index contributed by atoms with van der Waals surface area (Å²) in [5.41, 5.74) is 7.37. The molecule has 0 heterocycles. The molecular weight excluding hydrogens is 364 g/mol. The van der Waals surface area contributed by atoms with E-state index >= 15 is 0 Å². The lowest BCUT2D eigenvalue weighted by Crippen LogP contribution is -2.60. The Morgan fingerprint density at radius 2 is 1.78 bits per heavy atom. The molecule has 1 aromatic carbocycles. The first kappa shape index (κ1) is 19.8. The van der Waals surface area contributed by atoms with Gasteiger partial charge in [-0.3, -0.25) is 10.1 Å². The van der Waals surface area contributed by atoms with Crippen LogP contribution >= 0.6 is 0 Å². The third-order valence-corrected chi connectivity index (χ3v) is 7.25. The molecule has 146 valence electrons. The minimum atomic E-state index is -3.72. The van der Waals surface area contributed by atoms with Crippen molar-refractivity contribution >= 4 is 21.3 Å². The van der Waals surface area contributed by atoms with Crippen LogP contribution in [0, 0.1) is 0 Å². The zero-order chi connectivity index (χ0) is 19.7. The maximum Gasteiger partial charge on any atom is 0.247 e. The molecule has 7 heteroatoms. The van der Waals surface area contributed by atoms with Gasteiger partial charge in [-0.1, -0.05) is 42.5 Å².